The topological polar surface area (TPSA) is 67.3 Å². The van der Waals surface area contributed by atoms with E-state index in [1.54, 1.807) is 31.5 Å². The van der Waals surface area contributed by atoms with Gasteiger partial charge in [0.05, 0.1) is 10.9 Å². The standard InChI is InChI=1S/C18H20N2O3S/c1-13-5-6-15(12-17(13)24(2,22)23)18(21)20-11-3-4-16(20)14-7-9-19-10-8-14/h5-10,12,16H,3-4,11H2,1-2H3/t16-/m1/s1. The highest BCUT2D eigenvalue weighted by molar-refractivity contribution is 7.90. The summed E-state index contributed by atoms with van der Waals surface area (Å²) >= 11 is 0. The Morgan fingerprint density at radius 3 is 2.58 bits per heavy atom. The lowest BCUT2D eigenvalue weighted by Crippen LogP contribution is -2.30. The van der Waals surface area contributed by atoms with E-state index >= 15 is 0 Å². The van der Waals surface area contributed by atoms with Gasteiger partial charge in [0.15, 0.2) is 9.84 Å². The van der Waals surface area contributed by atoms with Crippen molar-refractivity contribution in [1.29, 1.82) is 0 Å². The van der Waals surface area contributed by atoms with Crippen LogP contribution in [0.1, 0.15) is 40.4 Å². The van der Waals surface area contributed by atoms with Crippen LogP contribution in [0.5, 0.6) is 0 Å². The average Bonchev–Trinajstić information content (AvgIpc) is 3.04. The largest absolute Gasteiger partial charge is 0.332 e. The number of hydrogen-bond acceptors (Lipinski definition) is 4. The maximum absolute atomic E-state index is 12.9. The zero-order chi connectivity index (χ0) is 17.3. The third kappa shape index (κ3) is 3.19. The molecule has 1 atom stereocenters. The quantitative estimate of drug-likeness (QED) is 0.859. The molecule has 1 aliphatic heterocycles. The Kier molecular flexibility index (Phi) is 4.41. The fourth-order valence-corrected chi connectivity index (χ4v) is 4.23. The molecule has 2 heterocycles. The molecule has 0 spiro atoms. The fraction of sp³-hybridized carbons (Fsp3) is 0.333. The SMILES string of the molecule is Cc1ccc(C(=O)N2CCC[C@@H]2c2ccncc2)cc1S(C)(=O)=O. The summed E-state index contributed by atoms with van der Waals surface area (Å²) in [4.78, 5) is 19.0. The zero-order valence-electron chi connectivity index (χ0n) is 13.8. The predicted octanol–water partition coefficient (Wildman–Crippen LogP) is 2.77. The van der Waals surface area contributed by atoms with Crippen molar-refractivity contribution in [2.45, 2.75) is 30.7 Å². The first-order chi connectivity index (χ1) is 11.4. The summed E-state index contributed by atoms with van der Waals surface area (Å²) in [5.74, 6) is -0.126. The van der Waals surface area contributed by atoms with Crippen molar-refractivity contribution in [2.75, 3.05) is 12.8 Å². The van der Waals surface area contributed by atoms with Crippen LogP contribution >= 0.6 is 0 Å². The number of pyridine rings is 1. The van der Waals surface area contributed by atoms with Crippen molar-refractivity contribution >= 4 is 15.7 Å². The summed E-state index contributed by atoms with van der Waals surface area (Å²) in [5, 5.41) is 0. The Morgan fingerprint density at radius 2 is 1.92 bits per heavy atom. The fourth-order valence-electron chi connectivity index (χ4n) is 3.24. The Labute approximate surface area is 142 Å². The molecule has 0 aliphatic carbocycles. The van der Waals surface area contributed by atoms with Crippen LogP contribution in [0.3, 0.4) is 0 Å². The lowest BCUT2D eigenvalue weighted by Gasteiger charge is -2.25. The van der Waals surface area contributed by atoms with Crippen molar-refractivity contribution in [2.24, 2.45) is 0 Å². The molecular weight excluding hydrogens is 324 g/mol. The number of nitrogens with zero attached hydrogens (tertiary/aromatic N) is 2. The van der Waals surface area contributed by atoms with Crippen molar-refractivity contribution < 1.29 is 13.2 Å². The summed E-state index contributed by atoms with van der Waals surface area (Å²) in [6.07, 6.45) is 6.46. The number of benzene rings is 1. The molecule has 24 heavy (non-hydrogen) atoms. The van der Waals surface area contributed by atoms with Gasteiger partial charge in [-0.3, -0.25) is 9.78 Å². The number of likely N-dealkylation sites (tertiary alicyclic amines) is 1. The molecular formula is C18H20N2O3S. The molecule has 0 unspecified atom stereocenters. The van der Waals surface area contributed by atoms with Crippen molar-refractivity contribution in [3.63, 3.8) is 0 Å². The Morgan fingerprint density at radius 1 is 1.21 bits per heavy atom. The van der Waals surface area contributed by atoms with Crippen molar-refractivity contribution in [3.8, 4) is 0 Å². The van der Waals surface area contributed by atoms with E-state index in [1.807, 2.05) is 17.0 Å². The van der Waals surface area contributed by atoms with Crippen molar-refractivity contribution in [3.05, 3.63) is 59.4 Å². The number of carbonyl (C=O) groups is 1. The number of sulfone groups is 1. The van der Waals surface area contributed by atoms with Gasteiger partial charge in [-0.1, -0.05) is 6.07 Å². The van der Waals surface area contributed by atoms with Crippen LogP contribution in [0.25, 0.3) is 0 Å². The van der Waals surface area contributed by atoms with E-state index < -0.39 is 9.84 Å². The molecule has 1 saturated heterocycles. The minimum absolute atomic E-state index is 0.0171. The van der Waals surface area contributed by atoms with Gasteiger partial charge in [0.25, 0.3) is 5.91 Å². The van der Waals surface area contributed by atoms with Crippen LogP contribution < -0.4 is 0 Å². The number of hydrogen-bond donors (Lipinski definition) is 0. The second-order valence-electron chi connectivity index (χ2n) is 6.19. The molecule has 5 nitrogen and oxygen atoms in total. The minimum atomic E-state index is -3.36. The van der Waals surface area contributed by atoms with Crippen LogP contribution in [0.15, 0.2) is 47.6 Å². The van der Waals surface area contributed by atoms with Gasteiger partial charge in [0, 0.05) is 30.8 Å². The number of aromatic nitrogens is 1. The maximum atomic E-state index is 12.9. The van der Waals surface area contributed by atoms with E-state index in [0.29, 0.717) is 17.7 Å². The van der Waals surface area contributed by atoms with Crippen LogP contribution in [0.2, 0.25) is 0 Å². The lowest BCUT2D eigenvalue weighted by atomic mass is 10.1. The van der Waals surface area contributed by atoms with E-state index in [9.17, 15) is 13.2 Å². The molecule has 126 valence electrons. The van der Waals surface area contributed by atoms with Gasteiger partial charge in [-0.05, 0) is 55.2 Å². The van der Waals surface area contributed by atoms with Crippen LogP contribution in [0.4, 0.5) is 0 Å². The van der Waals surface area contributed by atoms with Crippen LogP contribution in [0, 0.1) is 6.92 Å². The molecule has 3 rings (SSSR count). The number of carbonyl (C=O) groups excluding carboxylic acids is 1. The first kappa shape index (κ1) is 16.6. The molecule has 2 aromatic rings. The van der Waals surface area contributed by atoms with Crippen molar-refractivity contribution in [1.82, 2.24) is 9.88 Å². The predicted molar refractivity (Wildman–Crippen MR) is 91.5 cm³/mol. The monoisotopic (exact) mass is 344 g/mol. The molecule has 0 saturated carbocycles. The Hall–Kier alpha value is -2.21. The highest BCUT2D eigenvalue weighted by atomic mass is 32.2. The zero-order valence-corrected chi connectivity index (χ0v) is 14.6. The van der Waals surface area contributed by atoms with E-state index in [-0.39, 0.29) is 16.8 Å². The highest BCUT2D eigenvalue weighted by Gasteiger charge is 2.31. The second-order valence-corrected chi connectivity index (χ2v) is 8.17. The molecule has 0 radical (unpaired) electrons. The van der Waals surface area contributed by atoms with E-state index in [4.69, 9.17) is 0 Å². The van der Waals surface area contributed by atoms with Gasteiger partial charge >= 0.3 is 0 Å². The summed E-state index contributed by atoms with van der Waals surface area (Å²) < 4.78 is 23.8. The third-order valence-corrected chi connectivity index (χ3v) is 5.68. The third-order valence-electron chi connectivity index (χ3n) is 4.44. The smallest absolute Gasteiger partial charge is 0.254 e. The number of aryl methyl sites for hydroxylation is 1. The van der Waals surface area contributed by atoms with Gasteiger partial charge in [0.1, 0.15) is 0 Å². The van der Waals surface area contributed by atoms with Gasteiger partial charge in [-0.25, -0.2) is 8.42 Å². The Balaban J connectivity index is 1.94. The van der Waals surface area contributed by atoms with Gasteiger partial charge in [0.2, 0.25) is 0 Å². The van der Waals surface area contributed by atoms with Gasteiger partial charge in [-0.15, -0.1) is 0 Å². The molecule has 0 N–H and O–H groups in total. The molecule has 1 fully saturated rings. The van der Waals surface area contributed by atoms with Crippen LogP contribution in [-0.2, 0) is 9.84 Å². The number of rotatable bonds is 3. The van der Waals surface area contributed by atoms with E-state index in [0.717, 1.165) is 18.4 Å². The molecule has 0 bridgehead atoms. The first-order valence-electron chi connectivity index (χ1n) is 7.89. The average molecular weight is 344 g/mol. The van der Waals surface area contributed by atoms with E-state index in [2.05, 4.69) is 4.98 Å². The Bertz CT molecular complexity index is 863. The first-order valence-corrected chi connectivity index (χ1v) is 9.78. The minimum Gasteiger partial charge on any atom is -0.332 e. The second kappa shape index (κ2) is 6.36. The lowest BCUT2D eigenvalue weighted by molar-refractivity contribution is 0.0735. The summed E-state index contributed by atoms with van der Waals surface area (Å²) in [6, 6.07) is 8.76. The van der Waals surface area contributed by atoms with Gasteiger partial charge in [-0.2, -0.15) is 0 Å². The molecule has 6 heteroatoms. The van der Waals surface area contributed by atoms with Crippen LogP contribution in [-0.4, -0.2) is 37.0 Å². The normalized spacial score (nSPS) is 17.9. The molecule has 1 aromatic heterocycles. The van der Waals surface area contributed by atoms with Gasteiger partial charge < -0.3 is 4.90 Å². The summed E-state index contributed by atoms with van der Waals surface area (Å²) in [5.41, 5.74) is 2.13. The highest BCUT2D eigenvalue weighted by Crippen LogP contribution is 2.33. The maximum Gasteiger partial charge on any atom is 0.254 e. The summed E-state index contributed by atoms with van der Waals surface area (Å²) in [7, 11) is -3.36. The molecule has 1 amide bonds. The molecule has 1 aromatic carbocycles. The summed E-state index contributed by atoms with van der Waals surface area (Å²) in [6.45, 7) is 2.41. The number of amides is 1. The molecule has 1 aliphatic rings. The van der Waals surface area contributed by atoms with E-state index in [1.165, 1.54) is 12.3 Å².